The minimum Gasteiger partial charge on any atom is -0.322 e. The average Bonchev–Trinajstić information content (AvgIpc) is 2.83. The SMILES string of the molecule is NS(=O)(=O)c1ccc(NC(=O)c2ccc3cc(C(=O)Nc4ccc(S(N)(=O)=O)cc4)ccc3c2)cc1. The Morgan fingerprint density at radius 2 is 0.861 bits per heavy atom. The van der Waals surface area contributed by atoms with E-state index in [1.54, 1.807) is 36.4 Å². The number of carbonyl (C=O) groups excluding carboxylic acids is 2. The molecule has 0 saturated heterocycles. The molecule has 184 valence electrons. The fourth-order valence-corrected chi connectivity index (χ4v) is 4.42. The summed E-state index contributed by atoms with van der Waals surface area (Å²) in [4.78, 5) is 25.2. The first kappa shape index (κ1) is 25.0. The first-order chi connectivity index (χ1) is 16.9. The normalized spacial score (nSPS) is 11.7. The van der Waals surface area contributed by atoms with Gasteiger partial charge in [-0.2, -0.15) is 0 Å². The monoisotopic (exact) mass is 524 g/mol. The number of primary sulfonamides is 2. The number of fused-ring (bicyclic) bond motifs is 1. The molecule has 0 aliphatic carbocycles. The van der Waals surface area contributed by atoms with Gasteiger partial charge in [0.25, 0.3) is 11.8 Å². The summed E-state index contributed by atoms with van der Waals surface area (Å²) in [7, 11) is -7.65. The van der Waals surface area contributed by atoms with Gasteiger partial charge in [0.15, 0.2) is 0 Å². The molecule has 36 heavy (non-hydrogen) atoms. The molecule has 0 fully saturated rings. The summed E-state index contributed by atoms with van der Waals surface area (Å²) >= 11 is 0. The maximum absolute atomic E-state index is 12.6. The van der Waals surface area contributed by atoms with Crippen LogP contribution in [-0.2, 0) is 20.0 Å². The Hall–Kier alpha value is -4.10. The first-order valence-corrected chi connectivity index (χ1v) is 13.4. The number of sulfonamides is 2. The van der Waals surface area contributed by atoms with Gasteiger partial charge in [-0.3, -0.25) is 9.59 Å². The molecule has 10 nitrogen and oxygen atoms in total. The van der Waals surface area contributed by atoms with E-state index in [4.69, 9.17) is 10.3 Å². The molecule has 6 N–H and O–H groups in total. The Kier molecular flexibility index (Phi) is 6.61. The van der Waals surface area contributed by atoms with Crippen molar-refractivity contribution in [2.45, 2.75) is 9.79 Å². The zero-order valence-corrected chi connectivity index (χ0v) is 20.1. The van der Waals surface area contributed by atoms with Crippen molar-refractivity contribution in [3.05, 3.63) is 96.1 Å². The maximum atomic E-state index is 12.6. The quantitative estimate of drug-likeness (QED) is 0.301. The molecule has 4 rings (SSSR count). The fraction of sp³-hybridized carbons (Fsp3) is 0. The molecule has 0 aliphatic rings. The highest BCUT2D eigenvalue weighted by molar-refractivity contribution is 7.89. The van der Waals surface area contributed by atoms with Crippen LogP contribution in [-0.4, -0.2) is 28.6 Å². The molecule has 0 aromatic heterocycles. The van der Waals surface area contributed by atoms with E-state index in [-0.39, 0.29) is 9.79 Å². The van der Waals surface area contributed by atoms with E-state index in [0.717, 1.165) is 10.8 Å². The van der Waals surface area contributed by atoms with Crippen molar-refractivity contribution < 1.29 is 26.4 Å². The number of hydrogen-bond acceptors (Lipinski definition) is 6. The molecule has 0 atom stereocenters. The topological polar surface area (TPSA) is 179 Å². The van der Waals surface area contributed by atoms with Crippen LogP contribution in [0, 0.1) is 0 Å². The van der Waals surface area contributed by atoms with E-state index >= 15 is 0 Å². The zero-order chi connectivity index (χ0) is 26.1. The average molecular weight is 525 g/mol. The van der Waals surface area contributed by atoms with E-state index in [9.17, 15) is 26.4 Å². The van der Waals surface area contributed by atoms with E-state index in [1.165, 1.54) is 48.5 Å². The minimum absolute atomic E-state index is 0.0634. The van der Waals surface area contributed by atoms with E-state index in [2.05, 4.69) is 10.6 Å². The zero-order valence-electron chi connectivity index (χ0n) is 18.5. The van der Waals surface area contributed by atoms with Gasteiger partial charge in [0.1, 0.15) is 0 Å². The maximum Gasteiger partial charge on any atom is 0.255 e. The molecule has 0 aliphatic heterocycles. The molecule has 0 heterocycles. The van der Waals surface area contributed by atoms with E-state index in [1.807, 2.05) is 0 Å². The highest BCUT2D eigenvalue weighted by atomic mass is 32.2. The molecule has 0 unspecified atom stereocenters. The molecule has 0 bridgehead atoms. The largest absolute Gasteiger partial charge is 0.322 e. The lowest BCUT2D eigenvalue weighted by Crippen LogP contribution is -2.14. The van der Waals surface area contributed by atoms with Gasteiger partial charge < -0.3 is 10.6 Å². The second-order valence-corrected chi connectivity index (χ2v) is 10.9. The molecule has 2 amide bonds. The molecular weight excluding hydrogens is 504 g/mol. The van der Waals surface area contributed by atoms with Crippen LogP contribution < -0.4 is 20.9 Å². The van der Waals surface area contributed by atoms with Crippen LogP contribution in [0.2, 0.25) is 0 Å². The van der Waals surface area contributed by atoms with Gasteiger partial charge in [-0.05, 0) is 83.6 Å². The second kappa shape index (κ2) is 9.51. The van der Waals surface area contributed by atoms with Crippen molar-refractivity contribution in [1.82, 2.24) is 0 Å². The Morgan fingerprint density at radius 1 is 0.528 bits per heavy atom. The van der Waals surface area contributed by atoms with Crippen LogP contribution >= 0.6 is 0 Å². The third kappa shape index (κ3) is 5.75. The molecule has 0 radical (unpaired) electrons. The molecule has 0 spiro atoms. The van der Waals surface area contributed by atoms with E-state index in [0.29, 0.717) is 22.5 Å². The van der Waals surface area contributed by atoms with Gasteiger partial charge in [0, 0.05) is 22.5 Å². The predicted octanol–water partition coefficient (Wildman–Crippen LogP) is 2.64. The molecule has 4 aromatic carbocycles. The van der Waals surface area contributed by atoms with Crippen LogP contribution in [0.4, 0.5) is 11.4 Å². The first-order valence-electron chi connectivity index (χ1n) is 10.3. The molecule has 12 heteroatoms. The van der Waals surface area contributed by atoms with Gasteiger partial charge in [-0.25, -0.2) is 27.1 Å². The Balaban J connectivity index is 1.47. The smallest absolute Gasteiger partial charge is 0.255 e. The Morgan fingerprint density at radius 3 is 1.17 bits per heavy atom. The lowest BCUT2D eigenvalue weighted by Gasteiger charge is -2.09. The van der Waals surface area contributed by atoms with Gasteiger partial charge >= 0.3 is 0 Å². The summed E-state index contributed by atoms with van der Waals surface area (Å²) in [5, 5.41) is 17.0. The number of anilines is 2. The van der Waals surface area contributed by atoms with Gasteiger partial charge in [-0.1, -0.05) is 12.1 Å². The number of rotatable bonds is 6. The Labute approximate surface area is 207 Å². The second-order valence-electron chi connectivity index (χ2n) is 7.82. The van der Waals surface area contributed by atoms with Crippen LogP contribution in [0.15, 0.2) is 94.7 Å². The molecular formula is C24H20N4O6S2. The summed E-state index contributed by atoms with van der Waals surface area (Å²) in [6, 6.07) is 20.9. The number of carbonyl (C=O) groups is 2. The molecule has 4 aromatic rings. The van der Waals surface area contributed by atoms with Crippen LogP contribution in [0.5, 0.6) is 0 Å². The summed E-state index contributed by atoms with van der Waals surface area (Å²) in [6.07, 6.45) is 0. The van der Waals surface area contributed by atoms with Crippen LogP contribution in [0.1, 0.15) is 20.7 Å². The van der Waals surface area contributed by atoms with Crippen molar-refractivity contribution in [2.75, 3.05) is 10.6 Å². The summed E-state index contributed by atoms with van der Waals surface area (Å²) < 4.78 is 45.4. The number of nitrogens with one attached hydrogen (secondary N) is 2. The summed E-state index contributed by atoms with van der Waals surface area (Å²) in [5.74, 6) is -0.796. The summed E-state index contributed by atoms with van der Waals surface area (Å²) in [6.45, 7) is 0. The van der Waals surface area contributed by atoms with Gasteiger partial charge in [0.2, 0.25) is 20.0 Å². The van der Waals surface area contributed by atoms with Crippen molar-refractivity contribution >= 4 is 54.0 Å². The number of hydrogen-bond donors (Lipinski definition) is 4. The summed E-state index contributed by atoms with van der Waals surface area (Å²) in [5.41, 5.74) is 1.53. The van der Waals surface area contributed by atoms with Crippen LogP contribution in [0.3, 0.4) is 0 Å². The van der Waals surface area contributed by atoms with Gasteiger partial charge in [-0.15, -0.1) is 0 Å². The van der Waals surface area contributed by atoms with Crippen LogP contribution in [0.25, 0.3) is 10.8 Å². The number of nitrogens with two attached hydrogens (primary N) is 2. The standard InChI is InChI=1S/C24H20N4O6S2/c25-35(31,32)21-9-5-19(6-10-21)27-23(29)17-3-1-15-13-18(4-2-16(15)14-17)24(30)28-20-7-11-22(12-8-20)36(26,33)34/h1-14H,(H,27,29)(H,28,30)(H2,25,31,32)(H2,26,33,34). The Bertz CT molecular complexity index is 1570. The third-order valence-electron chi connectivity index (χ3n) is 5.25. The van der Waals surface area contributed by atoms with Crippen molar-refractivity contribution in [1.29, 1.82) is 0 Å². The predicted molar refractivity (Wildman–Crippen MR) is 135 cm³/mol. The van der Waals surface area contributed by atoms with Gasteiger partial charge in [0.05, 0.1) is 9.79 Å². The van der Waals surface area contributed by atoms with E-state index < -0.39 is 31.9 Å². The number of amides is 2. The molecule has 0 saturated carbocycles. The van der Waals surface area contributed by atoms with Crippen molar-refractivity contribution in [2.24, 2.45) is 10.3 Å². The van der Waals surface area contributed by atoms with Crippen molar-refractivity contribution in [3.8, 4) is 0 Å². The minimum atomic E-state index is -3.83. The highest BCUT2D eigenvalue weighted by Crippen LogP contribution is 2.21. The lowest BCUT2D eigenvalue weighted by atomic mass is 10.0. The highest BCUT2D eigenvalue weighted by Gasteiger charge is 2.12. The lowest BCUT2D eigenvalue weighted by molar-refractivity contribution is 0.101. The number of benzene rings is 4. The third-order valence-corrected chi connectivity index (χ3v) is 7.10. The van der Waals surface area contributed by atoms with Crippen molar-refractivity contribution in [3.63, 3.8) is 0 Å². The fourth-order valence-electron chi connectivity index (χ4n) is 3.39.